The summed E-state index contributed by atoms with van der Waals surface area (Å²) in [5.41, 5.74) is 2.91. The van der Waals surface area contributed by atoms with Crippen LogP contribution in [-0.2, 0) is 11.3 Å². The van der Waals surface area contributed by atoms with Crippen molar-refractivity contribution in [2.45, 2.75) is 30.5 Å². The van der Waals surface area contributed by atoms with Gasteiger partial charge in [0.05, 0.1) is 25.9 Å². The van der Waals surface area contributed by atoms with Crippen molar-refractivity contribution in [2.75, 3.05) is 13.1 Å². The second kappa shape index (κ2) is 5.92. The van der Waals surface area contributed by atoms with E-state index in [0.29, 0.717) is 6.54 Å². The molecule has 1 aliphatic heterocycles. The summed E-state index contributed by atoms with van der Waals surface area (Å²) in [6.45, 7) is 0.405. The molecule has 0 unspecified atom stereocenters. The molecule has 1 aromatic carbocycles. The fourth-order valence-corrected chi connectivity index (χ4v) is 3.96. The molecule has 2 atom stereocenters. The van der Waals surface area contributed by atoms with Crippen LogP contribution in [0.25, 0.3) is 0 Å². The molecule has 25 heavy (non-hydrogen) atoms. The number of hydrogen-bond acceptors (Lipinski definition) is 6. The smallest absolute Gasteiger partial charge is 0.260 e. The molecule has 1 aromatic rings. The lowest BCUT2D eigenvalue weighted by molar-refractivity contribution is -0.620. The standard InChI is InChI=1S/C16H18N4O5/c17-14(21)13-6-15(19(22)23)9-16(7-13,20(24)25)11-18(10-15)8-12-4-2-1-3-5-12/h1-6H,7-11H2,(H2,17,21)/t15-,16-/m1/s1. The number of fused-ring (bicyclic) bond motifs is 2. The summed E-state index contributed by atoms with van der Waals surface area (Å²) < 4.78 is 0. The third-order valence-electron chi connectivity index (χ3n) is 4.93. The first kappa shape index (κ1) is 17.0. The Kier molecular flexibility index (Phi) is 4.03. The first-order chi connectivity index (χ1) is 11.8. The molecule has 2 bridgehead atoms. The Balaban J connectivity index is 2.02. The van der Waals surface area contributed by atoms with Gasteiger partial charge in [0.2, 0.25) is 11.4 Å². The second-order valence-electron chi connectivity index (χ2n) is 6.86. The minimum Gasteiger partial charge on any atom is -0.366 e. The zero-order valence-corrected chi connectivity index (χ0v) is 13.5. The fourth-order valence-electron chi connectivity index (χ4n) is 3.96. The summed E-state index contributed by atoms with van der Waals surface area (Å²) in [5.74, 6) is -0.839. The van der Waals surface area contributed by atoms with Crippen LogP contribution in [0.2, 0.25) is 0 Å². The molecule has 0 saturated carbocycles. The van der Waals surface area contributed by atoms with Crippen molar-refractivity contribution in [1.29, 1.82) is 0 Å². The maximum Gasteiger partial charge on any atom is 0.260 e. The highest BCUT2D eigenvalue weighted by Gasteiger charge is 2.64. The zero-order chi connectivity index (χ0) is 18.2. The number of likely N-dealkylation sites (tertiary alicyclic amines) is 1. The minimum absolute atomic E-state index is 0.00125. The van der Waals surface area contributed by atoms with E-state index in [1.54, 1.807) is 4.90 Å². The fraction of sp³-hybridized carbons (Fsp3) is 0.438. The van der Waals surface area contributed by atoms with Crippen molar-refractivity contribution >= 4 is 5.91 Å². The highest BCUT2D eigenvalue weighted by Crippen LogP contribution is 2.43. The number of benzene rings is 1. The van der Waals surface area contributed by atoms with E-state index in [2.05, 4.69) is 0 Å². The molecule has 1 fully saturated rings. The summed E-state index contributed by atoms with van der Waals surface area (Å²) in [7, 11) is 0. The molecule has 2 aliphatic rings. The van der Waals surface area contributed by atoms with Crippen LogP contribution in [0.3, 0.4) is 0 Å². The molecule has 0 aromatic heterocycles. The van der Waals surface area contributed by atoms with Crippen LogP contribution in [-0.4, -0.2) is 44.8 Å². The first-order valence-corrected chi connectivity index (χ1v) is 7.83. The Labute approximate surface area is 143 Å². The number of hydrogen-bond donors (Lipinski definition) is 1. The van der Waals surface area contributed by atoms with E-state index in [-0.39, 0.29) is 31.5 Å². The van der Waals surface area contributed by atoms with E-state index >= 15 is 0 Å². The summed E-state index contributed by atoms with van der Waals surface area (Å²) >= 11 is 0. The number of primary amides is 1. The molecule has 3 rings (SSSR count). The Morgan fingerprint density at radius 1 is 1.16 bits per heavy atom. The second-order valence-corrected chi connectivity index (χ2v) is 6.86. The van der Waals surface area contributed by atoms with Gasteiger partial charge < -0.3 is 5.73 Å². The van der Waals surface area contributed by atoms with Gasteiger partial charge in [0.1, 0.15) is 0 Å². The van der Waals surface area contributed by atoms with Gasteiger partial charge in [0.15, 0.2) is 0 Å². The predicted molar refractivity (Wildman–Crippen MR) is 87.7 cm³/mol. The maximum absolute atomic E-state index is 11.8. The summed E-state index contributed by atoms with van der Waals surface area (Å²) in [6, 6.07) is 9.28. The molecular weight excluding hydrogens is 328 g/mol. The Morgan fingerprint density at radius 3 is 2.40 bits per heavy atom. The normalized spacial score (nSPS) is 28.9. The number of carbonyl (C=O) groups is 1. The highest BCUT2D eigenvalue weighted by molar-refractivity contribution is 5.92. The monoisotopic (exact) mass is 346 g/mol. The van der Waals surface area contributed by atoms with E-state index < -0.39 is 26.8 Å². The number of nitrogens with two attached hydrogens (primary N) is 1. The average molecular weight is 346 g/mol. The van der Waals surface area contributed by atoms with E-state index in [1.807, 2.05) is 30.3 Å². The van der Waals surface area contributed by atoms with Crippen LogP contribution in [0, 0.1) is 20.2 Å². The molecular formula is C16H18N4O5. The van der Waals surface area contributed by atoms with Gasteiger partial charge in [-0.2, -0.15) is 0 Å². The van der Waals surface area contributed by atoms with Gasteiger partial charge in [0, 0.05) is 28.0 Å². The zero-order valence-electron chi connectivity index (χ0n) is 13.5. The van der Waals surface area contributed by atoms with Gasteiger partial charge in [0.25, 0.3) is 5.54 Å². The lowest BCUT2D eigenvalue weighted by Crippen LogP contribution is -2.66. The van der Waals surface area contributed by atoms with Crippen LogP contribution < -0.4 is 5.73 Å². The number of rotatable bonds is 5. The van der Waals surface area contributed by atoms with Crippen molar-refractivity contribution in [1.82, 2.24) is 4.90 Å². The maximum atomic E-state index is 11.8. The highest BCUT2D eigenvalue weighted by atomic mass is 16.6. The predicted octanol–water partition coefficient (Wildman–Crippen LogP) is 0.739. The SMILES string of the molecule is NC(=O)C1=C[C@]2([N+](=O)[O-])CN(Cc3ccccc3)C[C@@]([N+](=O)[O-])(C1)C2. The number of piperidine rings is 1. The summed E-state index contributed by atoms with van der Waals surface area (Å²) in [4.78, 5) is 35.9. The molecule has 1 aliphatic carbocycles. The molecule has 9 nitrogen and oxygen atoms in total. The third kappa shape index (κ3) is 2.98. The molecule has 0 spiro atoms. The molecule has 1 amide bonds. The van der Waals surface area contributed by atoms with E-state index in [0.717, 1.165) is 5.56 Å². The average Bonchev–Trinajstić information content (AvgIpc) is 2.54. The third-order valence-corrected chi connectivity index (χ3v) is 4.93. The molecule has 2 N–H and O–H groups in total. The summed E-state index contributed by atoms with van der Waals surface area (Å²) in [6.07, 6.45) is 0.812. The first-order valence-electron chi connectivity index (χ1n) is 7.83. The van der Waals surface area contributed by atoms with Gasteiger partial charge in [-0.1, -0.05) is 30.3 Å². The summed E-state index contributed by atoms with van der Waals surface area (Å²) in [5, 5.41) is 23.6. The molecule has 132 valence electrons. The van der Waals surface area contributed by atoms with E-state index in [1.165, 1.54) is 6.08 Å². The van der Waals surface area contributed by atoms with Gasteiger partial charge in [-0.05, 0) is 5.56 Å². The van der Waals surface area contributed by atoms with Crippen molar-refractivity contribution < 1.29 is 14.6 Å². The topological polar surface area (TPSA) is 133 Å². The molecule has 9 heteroatoms. The van der Waals surface area contributed by atoms with Gasteiger partial charge in [-0.25, -0.2) is 0 Å². The number of nitrogens with zero attached hydrogens (tertiary/aromatic N) is 3. The largest absolute Gasteiger partial charge is 0.366 e. The van der Waals surface area contributed by atoms with Crippen LogP contribution in [0.1, 0.15) is 18.4 Å². The molecule has 0 radical (unpaired) electrons. The quantitative estimate of drug-likeness (QED) is 0.617. The van der Waals surface area contributed by atoms with E-state index in [4.69, 9.17) is 5.73 Å². The Morgan fingerprint density at radius 2 is 1.84 bits per heavy atom. The number of nitro groups is 2. The van der Waals surface area contributed by atoms with Crippen LogP contribution >= 0.6 is 0 Å². The van der Waals surface area contributed by atoms with Gasteiger partial charge >= 0.3 is 0 Å². The van der Waals surface area contributed by atoms with Crippen molar-refractivity contribution in [3.05, 3.63) is 67.8 Å². The minimum atomic E-state index is -1.68. The molecule has 1 saturated heterocycles. The van der Waals surface area contributed by atoms with Crippen LogP contribution in [0.15, 0.2) is 42.0 Å². The van der Waals surface area contributed by atoms with Crippen LogP contribution in [0.5, 0.6) is 0 Å². The van der Waals surface area contributed by atoms with Crippen molar-refractivity contribution in [2.24, 2.45) is 5.73 Å². The lowest BCUT2D eigenvalue weighted by atomic mass is 9.69. The lowest BCUT2D eigenvalue weighted by Gasteiger charge is -2.44. The van der Waals surface area contributed by atoms with Gasteiger partial charge in [-0.3, -0.25) is 29.9 Å². The van der Waals surface area contributed by atoms with Crippen molar-refractivity contribution in [3.63, 3.8) is 0 Å². The van der Waals surface area contributed by atoms with Crippen LogP contribution in [0.4, 0.5) is 0 Å². The molecule has 1 heterocycles. The number of carbonyl (C=O) groups excluding carboxylic acids is 1. The van der Waals surface area contributed by atoms with E-state index in [9.17, 15) is 25.0 Å². The Bertz CT molecular complexity index is 765. The Hall–Kier alpha value is -2.81. The van der Waals surface area contributed by atoms with Gasteiger partial charge in [-0.15, -0.1) is 0 Å². The number of amides is 1. The van der Waals surface area contributed by atoms with Crippen molar-refractivity contribution in [3.8, 4) is 0 Å².